The summed E-state index contributed by atoms with van der Waals surface area (Å²) in [5.41, 5.74) is 2.27. The summed E-state index contributed by atoms with van der Waals surface area (Å²) < 4.78 is 40.5. The van der Waals surface area contributed by atoms with Gasteiger partial charge in [-0.1, -0.05) is 35.5 Å². The molecule has 1 radical (unpaired) electrons. The number of oxime groups is 1. The first-order valence-electron chi connectivity index (χ1n) is 10.4. The van der Waals surface area contributed by atoms with Gasteiger partial charge in [0.1, 0.15) is 11.9 Å². The predicted molar refractivity (Wildman–Crippen MR) is 114 cm³/mol. The van der Waals surface area contributed by atoms with Crippen molar-refractivity contribution in [1.82, 2.24) is 20.1 Å². The van der Waals surface area contributed by atoms with Crippen molar-refractivity contribution in [3.8, 4) is 0 Å². The number of piperidine rings is 1. The average Bonchev–Trinajstić information content (AvgIpc) is 3.53. The maximum Gasteiger partial charge on any atom is 0.435 e. The van der Waals surface area contributed by atoms with Gasteiger partial charge in [0.25, 0.3) is 0 Å². The fourth-order valence-electron chi connectivity index (χ4n) is 4.14. The maximum absolute atomic E-state index is 13.0. The molecule has 2 aliphatic rings. The van der Waals surface area contributed by atoms with E-state index in [2.05, 4.69) is 15.6 Å². The highest BCUT2D eigenvalue weighted by Crippen LogP contribution is 2.37. The fourth-order valence-corrected chi connectivity index (χ4v) is 5.12. The molecule has 3 unspecified atom stereocenters. The molecule has 6 nitrogen and oxygen atoms in total. The van der Waals surface area contributed by atoms with Crippen molar-refractivity contribution >= 4 is 17.0 Å². The zero-order valence-corrected chi connectivity index (χ0v) is 18.1. The highest BCUT2D eigenvalue weighted by atomic mass is 32.1. The molecule has 0 bridgehead atoms. The number of alkyl halides is 3. The number of aryl methyl sites for hydroxylation is 1. The Morgan fingerprint density at radius 2 is 2.00 bits per heavy atom. The van der Waals surface area contributed by atoms with Crippen LogP contribution in [0.3, 0.4) is 0 Å². The summed E-state index contributed by atoms with van der Waals surface area (Å²) in [6.45, 7) is 2.19. The molecule has 1 fully saturated rings. The molecule has 0 N–H and O–H groups in total. The minimum atomic E-state index is -4.46. The minimum Gasteiger partial charge on any atom is -0.387 e. The van der Waals surface area contributed by atoms with E-state index in [1.165, 1.54) is 4.68 Å². The molecule has 0 saturated carbocycles. The molecule has 1 aromatic carbocycles. The summed E-state index contributed by atoms with van der Waals surface area (Å²) in [5.74, 6) is 0.113. The topological polar surface area (TPSA) is 66.4 Å². The Morgan fingerprint density at radius 1 is 1.19 bits per heavy atom. The van der Waals surface area contributed by atoms with E-state index in [0.29, 0.717) is 25.1 Å². The van der Waals surface area contributed by atoms with E-state index in [4.69, 9.17) is 9.82 Å². The molecule has 2 aromatic heterocycles. The third kappa shape index (κ3) is 4.16. The summed E-state index contributed by atoms with van der Waals surface area (Å²) in [7, 11) is 0. The van der Waals surface area contributed by atoms with Crippen LogP contribution in [0.15, 0.2) is 46.9 Å². The van der Waals surface area contributed by atoms with Crippen LogP contribution >= 0.6 is 11.3 Å². The van der Waals surface area contributed by atoms with E-state index < -0.39 is 18.0 Å². The first-order valence-corrected chi connectivity index (χ1v) is 11.3. The van der Waals surface area contributed by atoms with E-state index in [0.717, 1.165) is 34.5 Å². The summed E-state index contributed by atoms with van der Waals surface area (Å²) in [6.07, 6.45) is -2.96. The van der Waals surface area contributed by atoms with Crippen molar-refractivity contribution < 1.29 is 18.0 Å². The van der Waals surface area contributed by atoms with Crippen molar-refractivity contribution in [2.45, 2.75) is 50.6 Å². The Labute approximate surface area is 187 Å². The molecule has 32 heavy (non-hydrogen) atoms. The second-order valence-corrected chi connectivity index (χ2v) is 8.93. The Morgan fingerprint density at radius 3 is 2.75 bits per heavy atom. The van der Waals surface area contributed by atoms with Gasteiger partial charge in [-0.05, 0) is 31.4 Å². The Balaban J connectivity index is 1.28. The lowest BCUT2D eigenvalue weighted by Gasteiger charge is -2.28. The third-order valence-electron chi connectivity index (χ3n) is 5.82. The molecule has 0 spiro atoms. The zero-order valence-electron chi connectivity index (χ0n) is 17.3. The number of thiazole rings is 1. The van der Waals surface area contributed by atoms with Gasteiger partial charge < -0.3 is 4.84 Å². The number of rotatable bonds is 4. The number of hydrogen-bond donors (Lipinski definition) is 0. The number of hydrogen-bond acceptors (Lipinski definition) is 5. The van der Waals surface area contributed by atoms with E-state index >= 15 is 0 Å². The molecule has 4 heterocycles. The van der Waals surface area contributed by atoms with E-state index in [9.17, 15) is 13.2 Å². The van der Waals surface area contributed by atoms with Gasteiger partial charge in [0.15, 0.2) is 11.8 Å². The van der Waals surface area contributed by atoms with Crippen molar-refractivity contribution in [3.63, 3.8) is 0 Å². The van der Waals surface area contributed by atoms with E-state index in [-0.39, 0.29) is 12.0 Å². The first-order chi connectivity index (χ1) is 15.4. The lowest BCUT2D eigenvalue weighted by molar-refractivity contribution is -0.141. The van der Waals surface area contributed by atoms with Crippen molar-refractivity contribution in [1.29, 1.82) is 0 Å². The number of aromatic nitrogens is 3. The minimum absolute atomic E-state index is 0.111. The van der Waals surface area contributed by atoms with Gasteiger partial charge >= 0.3 is 6.18 Å². The number of nitrogens with zero attached hydrogens (tertiary/aromatic N) is 5. The fraction of sp³-hybridized carbons (Fsp3) is 0.409. The number of halogens is 3. The van der Waals surface area contributed by atoms with Gasteiger partial charge in [0, 0.05) is 30.0 Å². The van der Waals surface area contributed by atoms with Crippen LogP contribution < -0.4 is 5.32 Å². The standard InChI is InChI=1S/C22H21F3N5OS/c1-13-9-19(22(23,24)25)28-30(13)20-10-15(7-8-26-20)21-27-17(12-32-21)16-11-18(31-29-16)14-5-3-2-4-6-14/h2-6,9,12,15,18,20H,7-8,10-11H2,1H3. The summed E-state index contributed by atoms with van der Waals surface area (Å²) in [5, 5.41) is 15.5. The molecule has 3 aromatic rings. The Kier molecular flexibility index (Phi) is 5.50. The van der Waals surface area contributed by atoms with Gasteiger partial charge in [-0.25, -0.2) is 10.3 Å². The average molecular weight is 461 g/mol. The molecular weight excluding hydrogens is 439 g/mol. The van der Waals surface area contributed by atoms with Crippen molar-refractivity contribution in [3.05, 3.63) is 69.4 Å². The molecule has 0 aliphatic carbocycles. The normalized spacial score (nSPS) is 23.8. The molecule has 0 amide bonds. The van der Waals surface area contributed by atoms with Crippen molar-refractivity contribution in [2.24, 2.45) is 5.16 Å². The summed E-state index contributed by atoms with van der Waals surface area (Å²) in [6, 6.07) is 11.0. The molecule has 2 aliphatic heterocycles. The highest BCUT2D eigenvalue weighted by Gasteiger charge is 2.36. The second kappa shape index (κ2) is 8.32. The van der Waals surface area contributed by atoms with Crippen molar-refractivity contribution in [2.75, 3.05) is 6.54 Å². The molecule has 5 rings (SSSR count). The lowest BCUT2D eigenvalue weighted by atomic mass is 9.96. The summed E-state index contributed by atoms with van der Waals surface area (Å²) in [4.78, 5) is 10.4. The predicted octanol–water partition coefficient (Wildman–Crippen LogP) is 5.21. The van der Waals surface area contributed by atoms with Crippen LogP contribution in [0.4, 0.5) is 13.2 Å². The first kappa shape index (κ1) is 21.1. The van der Waals surface area contributed by atoms with Crippen LogP contribution in [-0.2, 0) is 11.0 Å². The van der Waals surface area contributed by atoms with Gasteiger partial charge in [0.05, 0.1) is 10.7 Å². The van der Waals surface area contributed by atoms with Crippen LogP contribution in [-0.4, -0.2) is 27.0 Å². The lowest BCUT2D eigenvalue weighted by Crippen LogP contribution is -2.31. The maximum atomic E-state index is 13.0. The Hall–Kier alpha value is -2.72. The van der Waals surface area contributed by atoms with Gasteiger partial charge in [-0.15, -0.1) is 11.3 Å². The summed E-state index contributed by atoms with van der Waals surface area (Å²) >= 11 is 1.55. The SMILES string of the molecule is Cc1cc(C(F)(F)F)nn1C1CC(c2nc(C3=NOC(c4ccccc4)C3)cs2)CC[N]1. The molecular formula is C22H21F3N5OS. The second-order valence-electron chi connectivity index (χ2n) is 8.04. The molecule has 3 atom stereocenters. The molecule has 1 saturated heterocycles. The van der Waals surface area contributed by atoms with Gasteiger partial charge in [-0.2, -0.15) is 18.3 Å². The quantitative estimate of drug-likeness (QED) is 0.537. The molecule has 10 heteroatoms. The zero-order chi connectivity index (χ0) is 22.3. The monoisotopic (exact) mass is 460 g/mol. The van der Waals surface area contributed by atoms with Crippen LogP contribution in [0.1, 0.15) is 65.1 Å². The highest BCUT2D eigenvalue weighted by molar-refractivity contribution is 7.10. The third-order valence-corrected chi connectivity index (χ3v) is 6.82. The van der Waals surface area contributed by atoms with Gasteiger partial charge in [0.2, 0.25) is 0 Å². The van der Waals surface area contributed by atoms with E-state index in [1.807, 2.05) is 35.7 Å². The smallest absolute Gasteiger partial charge is 0.387 e. The van der Waals surface area contributed by atoms with E-state index in [1.54, 1.807) is 18.3 Å². The largest absolute Gasteiger partial charge is 0.435 e. The van der Waals surface area contributed by atoms with Crippen LogP contribution in [0.25, 0.3) is 0 Å². The number of benzene rings is 1. The van der Waals surface area contributed by atoms with Crippen LogP contribution in [0, 0.1) is 6.92 Å². The van der Waals surface area contributed by atoms with Gasteiger partial charge in [-0.3, -0.25) is 4.68 Å². The Bertz CT molecular complexity index is 1120. The molecule has 167 valence electrons. The van der Waals surface area contributed by atoms with Crippen LogP contribution in [0.5, 0.6) is 0 Å². The van der Waals surface area contributed by atoms with Crippen LogP contribution in [0.2, 0.25) is 0 Å².